The van der Waals surface area contributed by atoms with Crippen molar-refractivity contribution in [3.63, 3.8) is 0 Å². The van der Waals surface area contributed by atoms with Gasteiger partial charge >= 0.3 is 6.36 Å². The number of furan rings is 1. The zero-order valence-electron chi connectivity index (χ0n) is 14.2. The van der Waals surface area contributed by atoms with Crippen LogP contribution in [0.1, 0.15) is 11.8 Å². The van der Waals surface area contributed by atoms with Gasteiger partial charge in [-0.15, -0.1) is 37.1 Å². The van der Waals surface area contributed by atoms with Gasteiger partial charge < -0.3 is 20.2 Å². The number of alkyl halides is 3. The van der Waals surface area contributed by atoms with Crippen LogP contribution in [0.15, 0.2) is 52.1 Å². The smallest absolute Gasteiger partial charge is 0.468 e. The van der Waals surface area contributed by atoms with Crippen molar-refractivity contribution in [1.82, 2.24) is 4.90 Å². The molecule has 2 aromatic rings. The van der Waals surface area contributed by atoms with E-state index in [2.05, 4.69) is 15.0 Å². The Morgan fingerprint density at radius 3 is 2.42 bits per heavy atom. The quantitative estimate of drug-likeness (QED) is 0.371. The molecule has 0 amide bonds. The Balaban J connectivity index is 0.00000338. The SMILES string of the molecule is CN(C)C(CN=C(N)Nc1ccc(OC(F)(F)F)cc1)c1ccco1.I. The standard InChI is InChI=1S/C16H19F3N4O2.HI/c1-23(2)13(14-4-3-9-24-14)10-21-15(20)22-11-5-7-12(8-6-11)25-16(17,18)19;/h3-9,13H,10H2,1-2H3,(H3,20,21,22);1H. The molecule has 0 bridgehead atoms. The van der Waals surface area contributed by atoms with Gasteiger partial charge in [-0.2, -0.15) is 0 Å². The van der Waals surface area contributed by atoms with E-state index in [1.165, 1.54) is 24.3 Å². The van der Waals surface area contributed by atoms with Crippen molar-refractivity contribution in [3.05, 3.63) is 48.4 Å². The number of anilines is 1. The Morgan fingerprint density at radius 1 is 1.27 bits per heavy atom. The van der Waals surface area contributed by atoms with Gasteiger partial charge in [-0.25, -0.2) is 0 Å². The molecule has 1 aromatic carbocycles. The van der Waals surface area contributed by atoms with Crippen molar-refractivity contribution in [2.24, 2.45) is 10.7 Å². The fraction of sp³-hybridized carbons (Fsp3) is 0.312. The molecule has 2 rings (SSSR count). The van der Waals surface area contributed by atoms with Gasteiger partial charge in [0, 0.05) is 5.69 Å². The summed E-state index contributed by atoms with van der Waals surface area (Å²) < 4.78 is 45.5. The molecule has 6 nitrogen and oxygen atoms in total. The summed E-state index contributed by atoms with van der Waals surface area (Å²) in [5.74, 6) is 0.595. The van der Waals surface area contributed by atoms with E-state index in [1.807, 2.05) is 25.1 Å². The van der Waals surface area contributed by atoms with E-state index >= 15 is 0 Å². The van der Waals surface area contributed by atoms with Crippen LogP contribution in [0.2, 0.25) is 0 Å². The molecule has 0 saturated carbocycles. The number of ether oxygens (including phenoxy) is 1. The van der Waals surface area contributed by atoms with E-state index in [0.717, 1.165) is 5.76 Å². The van der Waals surface area contributed by atoms with Crippen LogP contribution >= 0.6 is 24.0 Å². The molecule has 144 valence electrons. The van der Waals surface area contributed by atoms with Crippen molar-refractivity contribution in [2.45, 2.75) is 12.4 Å². The Hall–Kier alpha value is -1.95. The number of hydrogen-bond donors (Lipinski definition) is 2. The third kappa shape index (κ3) is 7.12. The molecule has 1 atom stereocenters. The number of benzene rings is 1. The number of halogens is 4. The summed E-state index contributed by atoms with van der Waals surface area (Å²) in [5.41, 5.74) is 6.32. The Bertz CT molecular complexity index is 689. The number of hydrogen-bond acceptors (Lipinski definition) is 4. The van der Waals surface area contributed by atoms with Crippen LogP contribution in [0, 0.1) is 0 Å². The summed E-state index contributed by atoms with van der Waals surface area (Å²) in [5, 5.41) is 2.81. The zero-order chi connectivity index (χ0) is 18.4. The highest BCUT2D eigenvalue weighted by Gasteiger charge is 2.30. The van der Waals surface area contributed by atoms with E-state index in [9.17, 15) is 13.2 Å². The minimum Gasteiger partial charge on any atom is -0.468 e. The summed E-state index contributed by atoms with van der Waals surface area (Å²) in [6.45, 7) is 0.356. The van der Waals surface area contributed by atoms with E-state index in [1.54, 1.807) is 12.3 Å². The molecule has 0 aliphatic rings. The van der Waals surface area contributed by atoms with Crippen LogP contribution in [-0.4, -0.2) is 37.9 Å². The van der Waals surface area contributed by atoms with Crippen LogP contribution < -0.4 is 15.8 Å². The van der Waals surface area contributed by atoms with Gasteiger partial charge in [0.2, 0.25) is 0 Å². The highest BCUT2D eigenvalue weighted by Crippen LogP contribution is 2.24. The van der Waals surface area contributed by atoms with E-state index in [-0.39, 0.29) is 41.7 Å². The van der Waals surface area contributed by atoms with Crippen molar-refractivity contribution >= 4 is 35.6 Å². The molecule has 1 aromatic heterocycles. The summed E-state index contributed by atoms with van der Waals surface area (Å²) in [6, 6.07) is 8.77. The fourth-order valence-electron chi connectivity index (χ4n) is 2.10. The predicted molar refractivity (Wildman–Crippen MR) is 104 cm³/mol. The highest BCUT2D eigenvalue weighted by atomic mass is 127. The number of aliphatic imine (C=N–C) groups is 1. The van der Waals surface area contributed by atoms with Gasteiger partial charge in [-0.1, -0.05) is 0 Å². The molecule has 1 heterocycles. The molecule has 0 aliphatic carbocycles. The lowest BCUT2D eigenvalue weighted by Gasteiger charge is -2.20. The van der Waals surface area contributed by atoms with Crippen molar-refractivity contribution < 1.29 is 22.3 Å². The molecule has 26 heavy (non-hydrogen) atoms. The highest BCUT2D eigenvalue weighted by molar-refractivity contribution is 14.0. The second-order valence-corrected chi connectivity index (χ2v) is 5.42. The predicted octanol–water partition coefficient (Wildman–Crippen LogP) is 3.83. The summed E-state index contributed by atoms with van der Waals surface area (Å²) in [6.07, 6.45) is -3.13. The number of rotatable bonds is 6. The first kappa shape index (κ1) is 22.1. The molecule has 3 N–H and O–H groups in total. The minimum atomic E-state index is -4.72. The largest absolute Gasteiger partial charge is 0.573 e. The van der Waals surface area contributed by atoms with Crippen LogP contribution in [-0.2, 0) is 0 Å². The van der Waals surface area contributed by atoms with Gasteiger partial charge in [-0.05, 0) is 50.5 Å². The summed E-state index contributed by atoms with van der Waals surface area (Å²) in [4.78, 5) is 6.19. The molecule has 0 saturated heterocycles. The van der Waals surface area contributed by atoms with Gasteiger partial charge in [0.15, 0.2) is 5.96 Å². The molecule has 1 unspecified atom stereocenters. The second kappa shape index (κ2) is 9.67. The molecule has 10 heteroatoms. The van der Waals surface area contributed by atoms with Crippen molar-refractivity contribution in [1.29, 1.82) is 0 Å². The summed E-state index contributed by atoms with van der Waals surface area (Å²) in [7, 11) is 3.79. The first-order valence-electron chi connectivity index (χ1n) is 7.37. The molecule has 0 aliphatic heterocycles. The Kier molecular flexibility index (Phi) is 8.21. The number of nitrogens with one attached hydrogen (secondary N) is 1. The van der Waals surface area contributed by atoms with E-state index in [0.29, 0.717) is 12.2 Å². The fourth-order valence-corrected chi connectivity index (χ4v) is 2.10. The van der Waals surface area contributed by atoms with Crippen LogP contribution in [0.4, 0.5) is 18.9 Å². The van der Waals surface area contributed by atoms with Gasteiger partial charge in [-0.3, -0.25) is 9.89 Å². The van der Waals surface area contributed by atoms with Crippen molar-refractivity contribution in [2.75, 3.05) is 26.0 Å². The van der Waals surface area contributed by atoms with Crippen molar-refractivity contribution in [3.8, 4) is 5.75 Å². The molecular weight excluding hydrogens is 464 g/mol. The van der Waals surface area contributed by atoms with Crippen LogP contribution in [0.25, 0.3) is 0 Å². The van der Waals surface area contributed by atoms with Gasteiger partial charge in [0.1, 0.15) is 11.5 Å². The normalized spacial score (nSPS) is 13.2. The first-order chi connectivity index (χ1) is 11.7. The van der Waals surface area contributed by atoms with Crippen LogP contribution in [0.5, 0.6) is 5.75 Å². The van der Waals surface area contributed by atoms with Gasteiger partial charge in [0.25, 0.3) is 0 Å². The maximum atomic E-state index is 12.1. The maximum Gasteiger partial charge on any atom is 0.573 e. The lowest BCUT2D eigenvalue weighted by molar-refractivity contribution is -0.274. The third-order valence-electron chi connectivity index (χ3n) is 3.29. The maximum absolute atomic E-state index is 12.1. The minimum absolute atomic E-state index is 0. The van der Waals surface area contributed by atoms with E-state index < -0.39 is 6.36 Å². The first-order valence-corrected chi connectivity index (χ1v) is 7.37. The zero-order valence-corrected chi connectivity index (χ0v) is 16.5. The average molecular weight is 484 g/mol. The Labute approximate surface area is 166 Å². The number of likely N-dealkylation sites (N-methyl/N-ethyl adjacent to an activating group) is 1. The monoisotopic (exact) mass is 484 g/mol. The van der Waals surface area contributed by atoms with Gasteiger partial charge in [0.05, 0.1) is 18.8 Å². The summed E-state index contributed by atoms with van der Waals surface area (Å²) >= 11 is 0. The topological polar surface area (TPSA) is 76.0 Å². The number of guanidine groups is 1. The number of nitrogens with zero attached hydrogens (tertiary/aromatic N) is 2. The number of nitrogens with two attached hydrogens (primary N) is 1. The van der Waals surface area contributed by atoms with Crippen LogP contribution in [0.3, 0.4) is 0 Å². The van der Waals surface area contributed by atoms with E-state index in [4.69, 9.17) is 10.2 Å². The molecule has 0 spiro atoms. The second-order valence-electron chi connectivity index (χ2n) is 5.42. The molecular formula is C16H20F3IN4O2. The average Bonchev–Trinajstić information content (AvgIpc) is 3.02. The molecule has 0 radical (unpaired) electrons. The lowest BCUT2D eigenvalue weighted by Crippen LogP contribution is -2.27. The third-order valence-corrected chi connectivity index (χ3v) is 3.29. The Morgan fingerprint density at radius 2 is 1.92 bits per heavy atom. The lowest BCUT2D eigenvalue weighted by atomic mass is 10.2. The molecule has 0 fully saturated rings.